The summed E-state index contributed by atoms with van der Waals surface area (Å²) in [5.41, 5.74) is 5.18. The van der Waals surface area contributed by atoms with Crippen LogP contribution in [0.15, 0.2) is 84.4 Å². The van der Waals surface area contributed by atoms with Crippen LogP contribution in [0.25, 0.3) is 6.08 Å². The highest BCUT2D eigenvalue weighted by molar-refractivity contribution is 5.76. The Morgan fingerprint density at radius 3 is 2.29 bits per heavy atom. The fourth-order valence-corrected chi connectivity index (χ4v) is 8.72. The van der Waals surface area contributed by atoms with E-state index >= 15 is 0 Å². The number of allylic oxidation sites excluding steroid dienone is 1. The maximum atomic E-state index is 13.5. The van der Waals surface area contributed by atoms with E-state index in [2.05, 4.69) is 61.4 Å². The molecule has 3 aromatic carbocycles. The molecule has 0 unspecified atom stereocenters. The summed E-state index contributed by atoms with van der Waals surface area (Å²) < 4.78 is 5.59. The molecule has 4 heteroatoms. The molecule has 0 spiro atoms. The number of methoxy groups -OCH3 is 1. The molecule has 0 aromatic heterocycles. The Morgan fingerprint density at radius 1 is 0.956 bits per heavy atom. The minimum absolute atomic E-state index is 0.211. The largest absolute Gasteiger partial charge is 0.497 e. The van der Waals surface area contributed by atoms with Gasteiger partial charge in [-0.25, -0.2) is 0 Å². The Kier molecular flexibility index (Phi) is 9.20. The van der Waals surface area contributed by atoms with Crippen LogP contribution in [0.2, 0.25) is 0 Å². The Hall–Kier alpha value is -3.81. The molecule has 1 amide bonds. The van der Waals surface area contributed by atoms with Gasteiger partial charge in [0, 0.05) is 24.9 Å². The number of benzene rings is 3. The molecule has 0 saturated heterocycles. The topological polar surface area (TPSA) is 49.8 Å². The number of hydrogen-bond acceptors (Lipinski definition) is 3. The summed E-state index contributed by atoms with van der Waals surface area (Å²) in [5.74, 6) is 5.11. The number of nitrogens with zero attached hydrogens (tertiary/aromatic N) is 1. The van der Waals surface area contributed by atoms with Gasteiger partial charge in [0.1, 0.15) is 11.4 Å². The molecule has 4 nitrogen and oxygen atoms in total. The molecule has 5 atom stereocenters. The lowest BCUT2D eigenvalue weighted by atomic mass is 9.52. The molecule has 0 aliphatic heterocycles. The molecule has 3 aliphatic carbocycles. The predicted octanol–water partition coefficient (Wildman–Crippen LogP) is 8.55. The van der Waals surface area contributed by atoms with Crippen LogP contribution < -0.4 is 4.74 Å². The highest BCUT2D eigenvalue weighted by Crippen LogP contribution is 2.65. The van der Waals surface area contributed by atoms with E-state index in [1.807, 2.05) is 41.3 Å². The minimum atomic E-state index is -1.03. The summed E-state index contributed by atoms with van der Waals surface area (Å²) in [4.78, 5) is 15.5. The number of terminal acetylenes is 1. The number of hydrogen-bond donors (Lipinski definition) is 1. The average Bonchev–Trinajstić information content (AvgIpc) is 3.35. The third-order valence-corrected chi connectivity index (χ3v) is 11.3. The molecule has 3 aromatic rings. The molecule has 45 heavy (non-hydrogen) atoms. The highest BCUT2D eigenvalue weighted by atomic mass is 16.5. The maximum absolute atomic E-state index is 13.5. The zero-order valence-electron chi connectivity index (χ0n) is 26.9. The van der Waals surface area contributed by atoms with Crippen LogP contribution in [0.4, 0.5) is 0 Å². The Bertz CT molecular complexity index is 1520. The monoisotopic (exact) mass is 601 g/mol. The van der Waals surface area contributed by atoms with Gasteiger partial charge in [-0.05, 0) is 97.1 Å². The number of carbonyl (C=O) groups excluding carboxylic acids is 1. The smallest absolute Gasteiger partial charge is 0.223 e. The molecular weight excluding hydrogens is 554 g/mol. The van der Waals surface area contributed by atoms with Gasteiger partial charge >= 0.3 is 0 Å². The van der Waals surface area contributed by atoms with Gasteiger partial charge < -0.3 is 14.7 Å². The summed E-state index contributed by atoms with van der Waals surface area (Å²) in [5, 5.41) is 11.5. The van der Waals surface area contributed by atoms with Crippen molar-refractivity contribution in [3.05, 3.63) is 107 Å². The van der Waals surface area contributed by atoms with E-state index in [0.717, 1.165) is 61.8 Å². The molecule has 0 heterocycles. The zero-order chi connectivity index (χ0) is 31.4. The summed E-state index contributed by atoms with van der Waals surface area (Å²) in [6.45, 7) is 3.49. The van der Waals surface area contributed by atoms with Gasteiger partial charge in [0.15, 0.2) is 0 Å². The molecule has 1 N–H and O–H groups in total. The molecule has 234 valence electrons. The van der Waals surface area contributed by atoms with Gasteiger partial charge in [-0.1, -0.05) is 97.6 Å². The zero-order valence-corrected chi connectivity index (χ0v) is 26.9. The van der Waals surface area contributed by atoms with Crippen molar-refractivity contribution in [3.8, 4) is 18.1 Å². The van der Waals surface area contributed by atoms with E-state index in [0.29, 0.717) is 43.7 Å². The molecule has 2 saturated carbocycles. The number of amides is 1. The molecule has 3 aliphatic rings. The van der Waals surface area contributed by atoms with Crippen molar-refractivity contribution in [2.75, 3.05) is 7.11 Å². The van der Waals surface area contributed by atoms with Crippen molar-refractivity contribution in [2.45, 2.75) is 89.3 Å². The molecule has 6 rings (SSSR count). The van der Waals surface area contributed by atoms with Gasteiger partial charge in [-0.15, -0.1) is 6.42 Å². The van der Waals surface area contributed by atoms with E-state index in [1.54, 1.807) is 7.11 Å². The lowest BCUT2D eigenvalue weighted by Gasteiger charge is -2.52. The SMILES string of the molecule is C#C[C@]1(O)CC[C@H]2[C@@H]3C(CCCCCC(=O)N(Cc4ccccc4)Cc4ccccc4)=Cc4cc(OC)ccc4[C@H]3CC[C@@]21C. The first kappa shape index (κ1) is 31.2. The third kappa shape index (κ3) is 6.21. The Morgan fingerprint density at radius 2 is 1.64 bits per heavy atom. The van der Waals surface area contributed by atoms with E-state index in [-0.39, 0.29) is 11.3 Å². The molecule has 0 radical (unpaired) electrons. The van der Waals surface area contributed by atoms with Crippen molar-refractivity contribution in [3.63, 3.8) is 0 Å². The lowest BCUT2D eigenvalue weighted by molar-refractivity contribution is -0.132. The van der Waals surface area contributed by atoms with Gasteiger partial charge in [0.2, 0.25) is 5.91 Å². The van der Waals surface area contributed by atoms with Crippen LogP contribution in [0.3, 0.4) is 0 Å². The van der Waals surface area contributed by atoms with E-state index in [9.17, 15) is 9.90 Å². The van der Waals surface area contributed by atoms with Crippen LogP contribution in [-0.4, -0.2) is 28.6 Å². The van der Waals surface area contributed by atoms with E-state index in [4.69, 9.17) is 11.2 Å². The molecular formula is C41H47NO3. The first-order valence-electron chi connectivity index (χ1n) is 16.8. The second kappa shape index (κ2) is 13.3. The Balaban J connectivity index is 1.13. The number of rotatable bonds is 11. The predicted molar refractivity (Wildman–Crippen MR) is 181 cm³/mol. The molecule has 2 fully saturated rings. The standard InChI is InChI=1S/C41H47NO3/c1-4-41(44)25-23-37-39-32(26-33-27-34(45-3)20-21-35(33)36(39)22-24-40(37,41)2)18-12-7-13-19-38(43)42(28-30-14-8-5-9-15-30)29-31-16-10-6-11-17-31/h1,5-6,8-11,14-17,20-21,26-27,36-37,39,44H,7,12-13,18-19,22-25,28-29H2,2-3H3/t36-,37+,39-,40+,41+/m1/s1. The fourth-order valence-electron chi connectivity index (χ4n) is 8.72. The summed E-state index contributed by atoms with van der Waals surface area (Å²) in [6.07, 6.45) is 16.5. The van der Waals surface area contributed by atoms with Crippen molar-refractivity contribution in [1.82, 2.24) is 4.90 Å². The quantitative estimate of drug-likeness (QED) is 0.177. The van der Waals surface area contributed by atoms with Crippen LogP contribution in [0, 0.1) is 29.6 Å². The number of carbonyl (C=O) groups is 1. The number of ether oxygens (including phenoxy) is 1. The minimum Gasteiger partial charge on any atom is -0.497 e. The summed E-state index contributed by atoms with van der Waals surface area (Å²) in [7, 11) is 1.73. The number of unbranched alkanes of at least 4 members (excludes halogenated alkanes) is 2. The van der Waals surface area contributed by atoms with Crippen LogP contribution in [0.5, 0.6) is 5.75 Å². The first-order chi connectivity index (χ1) is 21.8. The second-order valence-corrected chi connectivity index (χ2v) is 13.7. The maximum Gasteiger partial charge on any atom is 0.223 e. The van der Waals surface area contributed by atoms with Crippen molar-refractivity contribution in [2.24, 2.45) is 17.3 Å². The van der Waals surface area contributed by atoms with Gasteiger partial charge in [0.25, 0.3) is 0 Å². The van der Waals surface area contributed by atoms with Crippen molar-refractivity contribution < 1.29 is 14.6 Å². The molecule has 0 bridgehead atoms. The van der Waals surface area contributed by atoms with Gasteiger partial charge in [-0.2, -0.15) is 0 Å². The van der Waals surface area contributed by atoms with Gasteiger partial charge in [-0.3, -0.25) is 4.79 Å². The van der Waals surface area contributed by atoms with E-state index in [1.165, 1.54) is 16.7 Å². The second-order valence-electron chi connectivity index (χ2n) is 13.7. The van der Waals surface area contributed by atoms with Crippen molar-refractivity contribution in [1.29, 1.82) is 0 Å². The van der Waals surface area contributed by atoms with Crippen LogP contribution >= 0.6 is 0 Å². The van der Waals surface area contributed by atoms with Gasteiger partial charge in [0.05, 0.1) is 7.11 Å². The summed E-state index contributed by atoms with van der Waals surface area (Å²) >= 11 is 0. The van der Waals surface area contributed by atoms with Crippen LogP contribution in [0.1, 0.15) is 92.9 Å². The number of fused-ring (bicyclic) bond motifs is 5. The fraction of sp³-hybridized carbons (Fsp3) is 0.439. The normalized spacial score (nSPS) is 26.5. The van der Waals surface area contributed by atoms with Crippen LogP contribution in [-0.2, 0) is 17.9 Å². The average molecular weight is 602 g/mol. The third-order valence-electron chi connectivity index (χ3n) is 11.3. The summed E-state index contributed by atoms with van der Waals surface area (Å²) in [6, 6.07) is 27.1. The van der Waals surface area contributed by atoms with Crippen molar-refractivity contribution >= 4 is 12.0 Å². The Labute approximate surface area is 269 Å². The lowest BCUT2D eigenvalue weighted by Crippen LogP contribution is -2.50. The number of aliphatic hydroxyl groups is 1. The first-order valence-corrected chi connectivity index (χ1v) is 16.8. The highest BCUT2D eigenvalue weighted by Gasteiger charge is 2.61. The van der Waals surface area contributed by atoms with E-state index < -0.39 is 5.60 Å².